The first-order valence-corrected chi connectivity index (χ1v) is 9.31. The Balaban J connectivity index is 2.05. The summed E-state index contributed by atoms with van der Waals surface area (Å²) in [6.07, 6.45) is 0. The topological polar surface area (TPSA) is 147 Å². The first kappa shape index (κ1) is 19.3. The third kappa shape index (κ3) is 3.77. The Morgan fingerprint density at radius 2 is 1.82 bits per heavy atom. The maximum absolute atomic E-state index is 12.5. The van der Waals surface area contributed by atoms with Crippen molar-refractivity contribution in [2.24, 2.45) is 0 Å². The Hall–Kier alpha value is -3.50. The maximum Gasteiger partial charge on any atom is 0.295 e. The van der Waals surface area contributed by atoms with Crippen LogP contribution in [0, 0.1) is 17.0 Å². The van der Waals surface area contributed by atoms with Crippen LogP contribution in [-0.4, -0.2) is 28.9 Å². The average Bonchev–Trinajstić information content (AvgIpc) is 2.60. The van der Waals surface area contributed by atoms with E-state index < -0.39 is 25.8 Å². The molecule has 0 spiro atoms. The Kier molecular flexibility index (Phi) is 4.75. The number of rotatable bonds is 4. The van der Waals surface area contributed by atoms with E-state index in [0.717, 1.165) is 6.07 Å². The van der Waals surface area contributed by atoms with Gasteiger partial charge >= 0.3 is 0 Å². The quantitative estimate of drug-likeness (QED) is 0.345. The molecule has 10 heteroatoms. The van der Waals surface area contributed by atoms with Gasteiger partial charge in [-0.1, -0.05) is 12.1 Å². The predicted molar refractivity (Wildman–Crippen MR) is 101 cm³/mol. The Bertz CT molecular complexity index is 1240. The number of fused-ring (bicyclic) bond motifs is 1. The molecule has 0 atom stereocenters. The van der Waals surface area contributed by atoms with Crippen molar-refractivity contribution >= 4 is 38.2 Å². The highest BCUT2D eigenvalue weighted by Crippen LogP contribution is 2.31. The van der Waals surface area contributed by atoms with Gasteiger partial charge in [0.2, 0.25) is 0 Å². The summed E-state index contributed by atoms with van der Waals surface area (Å²) in [4.78, 5) is 22.5. The van der Waals surface area contributed by atoms with E-state index in [1.54, 1.807) is 13.0 Å². The van der Waals surface area contributed by atoms with Gasteiger partial charge in [0.15, 0.2) is 0 Å². The lowest BCUT2D eigenvalue weighted by Gasteiger charge is -2.10. The fraction of sp³-hybridized carbons (Fsp3) is 0.0556. The molecule has 3 rings (SSSR count). The molecule has 0 bridgehead atoms. The number of phenolic OH excluding ortho intramolecular Hbond substituents is 1. The molecular formula is C18H14N2O7S. The molecule has 0 fully saturated rings. The van der Waals surface area contributed by atoms with E-state index in [0.29, 0.717) is 10.9 Å². The number of nitrogens with zero attached hydrogens (tertiary/aromatic N) is 1. The fourth-order valence-electron chi connectivity index (χ4n) is 2.78. The van der Waals surface area contributed by atoms with Crippen LogP contribution in [0.2, 0.25) is 0 Å². The van der Waals surface area contributed by atoms with Gasteiger partial charge in [0, 0.05) is 23.2 Å². The molecule has 0 aliphatic rings. The van der Waals surface area contributed by atoms with Gasteiger partial charge in [0.25, 0.3) is 21.7 Å². The van der Waals surface area contributed by atoms with E-state index in [1.807, 2.05) is 0 Å². The van der Waals surface area contributed by atoms with Gasteiger partial charge in [0.05, 0.1) is 4.92 Å². The van der Waals surface area contributed by atoms with E-state index in [4.69, 9.17) is 0 Å². The summed E-state index contributed by atoms with van der Waals surface area (Å²) in [6, 6.07) is 10.5. The lowest BCUT2D eigenvalue weighted by Crippen LogP contribution is -2.14. The van der Waals surface area contributed by atoms with Gasteiger partial charge in [-0.2, -0.15) is 8.42 Å². The zero-order chi connectivity index (χ0) is 20.6. The van der Waals surface area contributed by atoms with E-state index in [1.165, 1.54) is 36.4 Å². The molecule has 0 saturated heterocycles. The number of aromatic hydroxyl groups is 1. The molecule has 0 saturated carbocycles. The van der Waals surface area contributed by atoms with Crippen LogP contribution < -0.4 is 5.32 Å². The molecule has 3 N–H and O–H groups in total. The van der Waals surface area contributed by atoms with Gasteiger partial charge in [-0.15, -0.1) is 0 Å². The third-order valence-electron chi connectivity index (χ3n) is 4.03. The van der Waals surface area contributed by atoms with Gasteiger partial charge in [0.1, 0.15) is 16.2 Å². The van der Waals surface area contributed by atoms with Gasteiger partial charge < -0.3 is 10.4 Å². The number of anilines is 1. The van der Waals surface area contributed by atoms with Gasteiger partial charge in [-0.25, -0.2) is 0 Å². The molecule has 3 aromatic carbocycles. The van der Waals surface area contributed by atoms with E-state index in [9.17, 15) is 33.0 Å². The fourth-order valence-corrected chi connectivity index (χ4v) is 3.51. The summed E-state index contributed by atoms with van der Waals surface area (Å²) in [5, 5.41) is 23.7. The highest BCUT2D eigenvalue weighted by Gasteiger charge is 2.21. The van der Waals surface area contributed by atoms with E-state index in [-0.39, 0.29) is 28.1 Å². The number of nitrogens with one attached hydrogen (secondary N) is 1. The first-order chi connectivity index (χ1) is 13.1. The lowest BCUT2D eigenvalue weighted by atomic mass is 10.1. The number of amides is 1. The minimum absolute atomic E-state index is 0.0662. The summed E-state index contributed by atoms with van der Waals surface area (Å²) >= 11 is 0. The van der Waals surface area contributed by atoms with Crippen LogP contribution in [0.15, 0.2) is 53.4 Å². The standard InChI is InChI=1S/C18H14N2O7S/c1-10-2-5-14(16(6-10)20(23)24)18(22)19-12-4-3-11-7-13(21)9-17(15(11)8-12)28(25,26)27/h2-9,21H,1H3,(H,19,22)(H,25,26,27). The monoisotopic (exact) mass is 402 g/mol. The van der Waals surface area contributed by atoms with Crippen LogP contribution in [0.1, 0.15) is 15.9 Å². The summed E-state index contributed by atoms with van der Waals surface area (Å²) < 4.78 is 32.6. The number of benzene rings is 3. The van der Waals surface area contributed by atoms with Crippen molar-refractivity contribution < 1.29 is 27.8 Å². The van der Waals surface area contributed by atoms with Crippen LogP contribution in [0.5, 0.6) is 5.75 Å². The number of nitro benzene ring substituents is 1. The van der Waals surface area contributed by atoms with Crippen molar-refractivity contribution in [3.63, 3.8) is 0 Å². The molecule has 0 heterocycles. The molecule has 0 aromatic heterocycles. The molecule has 144 valence electrons. The Labute approximate surface area is 159 Å². The Morgan fingerprint density at radius 3 is 2.46 bits per heavy atom. The number of hydrogen-bond acceptors (Lipinski definition) is 6. The van der Waals surface area contributed by atoms with Crippen molar-refractivity contribution in [3.05, 3.63) is 69.8 Å². The lowest BCUT2D eigenvalue weighted by molar-refractivity contribution is -0.385. The Morgan fingerprint density at radius 1 is 1.11 bits per heavy atom. The first-order valence-electron chi connectivity index (χ1n) is 7.87. The summed E-state index contributed by atoms with van der Waals surface area (Å²) in [5.41, 5.74) is 0.257. The second kappa shape index (κ2) is 6.91. The molecule has 0 unspecified atom stereocenters. The second-order valence-corrected chi connectivity index (χ2v) is 7.48. The molecule has 0 radical (unpaired) electrons. The number of carbonyl (C=O) groups excluding carboxylic acids is 1. The zero-order valence-electron chi connectivity index (χ0n) is 14.4. The number of carbonyl (C=O) groups is 1. The molecular weight excluding hydrogens is 388 g/mol. The largest absolute Gasteiger partial charge is 0.508 e. The minimum Gasteiger partial charge on any atom is -0.508 e. The summed E-state index contributed by atoms with van der Waals surface area (Å²) in [6.45, 7) is 1.66. The summed E-state index contributed by atoms with van der Waals surface area (Å²) in [5.74, 6) is -1.11. The SMILES string of the molecule is Cc1ccc(C(=O)Nc2ccc3cc(O)cc(S(=O)(=O)O)c3c2)c([N+](=O)[O-])c1. The number of hydrogen-bond donors (Lipinski definition) is 3. The van der Waals surface area contributed by atoms with E-state index >= 15 is 0 Å². The van der Waals surface area contributed by atoms with E-state index in [2.05, 4.69) is 5.32 Å². The number of aryl methyl sites for hydroxylation is 1. The number of nitro groups is 1. The molecule has 28 heavy (non-hydrogen) atoms. The third-order valence-corrected chi connectivity index (χ3v) is 4.93. The summed E-state index contributed by atoms with van der Waals surface area (Å²) in [7, 11) is -4.63. The average molecular weight is 402 g/mol. The van der Waals surface area contributed by atoms with Gasteiger partial charge in [-0.3, -0.25) is 19.5 Å². The van der Waals surface area contributed by atoms with Crippen molar-refractivity contribution in [2.75, 3.05) is 5.32 Å². The van der Waals surface area contributed by atoms with Crippen LogP contribution >= 0.6 is 0 Å². The van der Waals surface area contributed by atoms with Gasteiger partial charge in [-0.05, 0) is 42.1 Å². The zero-order valence-corrected chi connectivity index (χ0v) is 15.2. The maximum atomic E-state index is 12.5. The van der Waals surface area contributed by atoms with Crippen LogP contribution in [0.4, 0.5) is 11.4 Å². The van der Waals surface area contributed by atoms with Crippen molar-refractivity contribution in [3.8, 4) is 5.75 Å². The molecule has 1 amide bonds. The van der Waals surface area contributed by atoms with Crippen molar-refractivity contribution in [1.29, 1.82) is 0 Å². The predicted octanol–water partition coefficient (Wildman–Crippen LogP) is 3.26. The minimum atomic E-state index is -4.63. The van der Waals surface area contributed by atoms with Crippen molar-refractivity contribution in [2.45, 2.75) is 11.8 Å². The van der Waals surface area contributed by atoms with Crippen molar-refractivity contribution in [1.82, 2.24) is 0 Å². The van der Waals surface area contributed by atoms with Crippen LogP contribution in [-0.2, 0) is 10.1 Å². The molecule has 3 aromatic rings. The molecule has 0 aliphatic heterocycles. The normalized spacial score (nSPS) is 11.4. The molecule has 9 nitrogen and oxygen atoms in total. The smallest absolute Gasteiger partial charge is 0.295 e. The highest BCUT2D eigenvalue weighted by molar-refractivity contribution is 7.86. The number of phenols is 1. The van der Waals surface area contributed by atoms with Crippen LogP contribution in [0.25, 0.3) is 10.8 Å². The highest BCUT2D eigenvalue weighted by atomic mass is 32.2. The van der Waals surface area contributed by atoms with Crippen LogP contribution in [0.3, 0.4) is 0 Å². The second-order valence-electron chi connectivity index (χ2n) is 6.09. The molecule has 0 aliphatic carbocycles.